The smallest absolute Gasteiger partial charge is 0.238 e. The van der Waals surface area contributed by atoms with Gasteiger partial charge in [-0.2, -0.15) is 9.97 Å². The summed E-state index contributed by atoms with van der Waals surface area (Å²) in [5.41, 5.74) is 15.3. The number of hydrogen-bond donors (Lipinski definition) is 0. The molecule has 0 N–H and O–H groups in total. The Hall–Kier alpha value is -6.85. The van der Waals surface area contributed by atoms with Crippen LogP contribution >= 0.6 is 0 Å². The van der Waals surface area contributed by atoms with Crippen LogP contribution in [0.3, 0.4) is 0 Å². The zero-order valence-corrected chi connectivity index (χ0v) is 35.6. The van der Waals surface area contributed by atoms with E-state index in [-0.39, 0.29) is 16.2 Å². The third kappa shape index (κ3) is 5.10. The Balaban J connectivity index is 1.27. The van der Waals surface area contributed by atoms with E-state index in [9.17, 15) is 0 Å². The molecule has 3 heterocycles. The summed E-state index contributed by atoms with van der Waals surface area (Å²) in [4.78, 5) is 16.5. The fourth-order valence-corrected chi connectivity index (χ4v) is 10.9. The van der Waals surface area contributed by atoms with E-state index in [1.165, 1.54) is 54.9 Å². The van der Waals surface area contributed by atoms with Crippen LogP contribution in [0.4, 0.5) is 0 Å². The van der Waals surface area contributed by atoms with Gasteiger partial charge in [0.15, 0.2) is 11.6 Å². The van der Waals surface area contributed by atoms with Crippen molar-refractivity contribution >= 4 is 43.6 Å². The van der Waals surface area contributed by atoms with Gasteiger partial charge in [0.2, 0.25) is 5.95 Å². The predicted molar refractivity (Wildman–Crippen MR) is 252 cm³/mol. The third-order valence-electron chi connectivity index (χ3n) is 14.3. The molecule has 2 aliphatic carbocycles. The number of hydrogen-bond acceptors (Lipinski definition) is 3. The molecule has 0 atom stereocenters. The molecular formula is C56H47N5. The normalized spacial score (nSPS) is 16.0. The molecule has 61 heavy (non-hydrogen) atoms. The van der Waals surface area contributed by atoms with Crippen LogP contribution in [0.1, 0.15) is 76.6 Å². The summed E-state index contributed by atoms with van der Waals surface area (Å²) in [7, 11) is 0. The molecule has 7 aromatic carbocycles. The SMILES string of the molecule is CC1(C)CCC(C)(C)c2cc3c(cc21)c1ccc2c4ccccc4n(-c4ccccc4)c2c1n3-c1nc(-c2ccccc2)nc(-c2cccc3c2-c2ccccc2C3(C)C)n1. The molecule has 0 amide bonds. The molecule has 0 spiro atoms. The molecule has 0 fully saturated rings. The van der Waals surface area contributed by atoms with Crippen molar-refractivity contribution in [3.8, 4) is 45.5 Å². The van der Waals surface area contributed by atoms with Crippen LogP contribution in [0.15, 0.2) is 152 Å². The van der Waals surface area contributed by atoms with E-state index < -0.39 is 0 Å². The summed E-state index contributed by atoms with van der Waals surface area (Å²) in [6.45, 7) is 14.3. The first-order chi connectivity index (χ1) is 29.5. The summed E-state index contributed by atoms with van der Waals surface area (Å²) >= 11 is 0. The molecule has 0 radical (unpaired) electrons. The minimum absolute atomic E-state index is 0.00116. The van der Waals surface area contributed by atoms with Gasteiger partial charge in [0.05, 0.1) is 22.1 Å². The van der Waals surface area contributed by atoms with Crippen molar-refractivity contribution in [1.82, 2.24) is 24.1 Å². The van der Waals surface area contributed by atoms with Gasteiger partial charge in [-0.1, -0.05) is 163 Å². The van der Waals surface area contributed by atoms with Gasteiger partial charge in [-0.25, -0.2) is 4.98 Å². The monoisotopic (exact) mass is 789 g/mol. The Morgan fingerprint density at radius 2 is 1.02 bits per heavy atom. The van der Waals surface area contributed by atoms with Crippen molar-refractivity contribution in [3.05, 3.63) is 174 Å². The first-order valence-electron chi connectivity index (χ1n) is 21.7. The van der Waals surface area contributed by atoms with Crippen molar-refractivity contribution in [2.75, 3.05) is 0 Å². The van der Waals surface area contributed by atoms with Crippen molar-refractivity contribution in [2.45, 2.75) is 70.6 Å². The average Bonchev–Trinajstić information content (AvgIpc) is 3.88. The number of benzene rings is 7. The summed E-state index contributed by atoms with van der Waals surface area (Å²) in [5.74, 6) is 1.92. The Bertz CT molecular complexity index is 3440. The summed E-state index contributed by atoms with van der Waals surface area (Å²) in [5, 5.41) is 4.80. The molecular weight excluding hydrogens is 743 g/mol. The van der Waals surface area contributed by atoms with E-state index in [2.05, 4.69) is 196 Å². The number of para-hydroxylation sites is 2. The lowest BCUT2D eigenvalue weighted by molar-refractivity contribution is 0.332. The number of fused-ring (bicyclic) bond motifs is 11. The molecule has 0 saturated heterocycles. The van der Waals surface area contributed by atoms with Crippen LogP contribution < -0.4 is 0 Å². The largest absolute Gasteiger partial charge is 0.307 e. The van der Waals surface area contributed by atoms with E-state index in [1.54, 1.807) is 0 Å². The highest BCUT2D eigenvalue weighted by molar-refractivity contribution is 6.24. The first-order valence-corrected chi connectivity index (χ1v) is 21.7. The van der Waals surface area contributed by atoms with Crippen LogP contribution in [0.25, 0.3) is 89.2 Å². The number of nitrogens with zero attached hydrogens (tertiary/aromatic N) is 5. The van der Waals surface area contributed by atoms with E-state index in [4.69, 9.17) is 15.0 Å². The van der Waals surface area contributed by atoms with E-state index in [0.29, 0.717) is 17.6 Å². The van der Waals surface area contributed by atoms with E-state index in [1.807, 2.05) is 6.07 Å². The predicted octanol–water partition coefficient (Wildman–Crippen LogP) is 14.1. The lowest BCUT2D eigenvalue weighted by Gasteiger charge is -2.42. The van der Waals surface area contributed by atoms with Crippen molar-refractivity contribution in [2.24, 2.45) is 0 Å². The minimum Gasteiger partial charge on any atom is -0.307 e. The van der Waals surface area contributed by atoms with Gasteiger partial charge in [0.1, 0.15) is 0 Å². The quantitative estimate of drug-likeness (QED) is 0.178. The number of rotatable bonds is 4. The van der Waals surface area contributed by atoms with Crippen molar-refractivity contribution in [1.29, 1.82) is 0 Å². The maximum Gasteiger partial charge on any atom is 0.238 e. The molecule has 296 valence electrons. The van der Waals surface area contributed by atoms with Gasteiger partial charge in [-0.05, 0) is 87.4 Å². The zero-order chi connectivity index (χ0) is 41.4. The van der Waals surface area contributed by atoms with Gasteiger partial charge in [0.25, 0.3) is 0 Å². The molecule has 0 unspecified atom stereocenters. The topological polar surface area (TPSA) is 48.5 Å². The highest BCUT2D eigenvalue weighted by Crippen LogP contribution is 2.53. The van der Waals surface area contributed by atoms with Gasteiger partial charge in [-0.3, -0.25) is 4.57 Å². The summed E-state index contributed by atoms with van der Waals surface area (Å²) < 4.78 is 4.82. The van der Waals surface area contributed by atoms with Gasteiger partial charge >= 0.3 is 0 Å². The molecule has 5 heteroatoms. The second-order valence-electron chi connectivity index (χ2n) is 19.1. The van der Waals surface area contributed by atoms with Gasteiger partial charge < -0.3 is 4.57 Å². The highest BCUT2D eigenvalue weighted by atomic mass is 15.2. The average molecular weight is 790 g/mol. The van der Waals surface area contributed by atoms with Gasteiger partial charge in [0, 0.05) is 43.8 Å². The van der Waals surface area contributed by atoms with Crippen LogP contribution in [0, 0.1) is 0 Å². The molecule has 0 saturated carbocycles. The van der Waals surface area contributed by atoms with Crippen LogP contribution in [-0.2, 0) is 16.2 Å². The fourth-order valence-electron chi connectivity index (χ4n) is 10.9. The molecule has 0 bridgehead atoms. The number of aromatic nitrogens is 5. The second-order valence-corrected chi connectivity index (χ2v) is 19.1. The Morgan fingerprint density at radius 3 is 1.79 bits per heavy atom. The minimum atomic E-state index is -0.164. The van der Waals surface area contributed by atoms with Gasteiger partial charge in [-0.15, -0.1) is 0 Å². The van der Waals surface area contributed by atoms with Crippen LogP contribution in [0.5, 0.6) is 0 Å². The fraction of sp³-hybridized carbons (Fsp3) is 0.196. The second kappa shape index (κ2) is 12.6. The summed E-state index contributed by atoms with van der Waals surface area (Å²) in [6.07, 6.45) is 2.26. The molecule has 0 aliphatic heterocycles. The van der Waals surface area contributed by atoms with Crippen molar-refractivity contribution < 1.29 is 0 Å². The maximum atomic E-state index is 5.64. The lowest BCUT2D eigenvalue weighted by atomic mass is 9.63. The van der Waals surface area contributed by atoms with E-state index >= 15 is 0 Å². The highest BCUT2D eigenvalue weighted by Gasteiger charge is 2.39. The molecule has 10 aromatic rings. The lowest BCUT2D eigenvalue weighted by Crippen LogP contribution is -2.33. The maximum absolute atomic E-state index is 5.64. The Labute approximate surface area is 356 Å². The third-order valence-corrected chi connectivity index (χ3v) is 14.3. The molecule has 2 aliphatic rings. The zero-order valence-electron chi connectivity index (χ0n) is 35.6. The van der Waals surface area contributed by atoms with Crippen LogP contribution in [0.2, 0.25) is 0 Å². The molecule has 3 aromatic heterocycles. The summed E-state index contributed by atoms with van der Waals surface area (Å²) in [6, 6.07) is 55.1. The Kier molecular flexibility index (Phi) is 7.44. The first kappa shape index (κ1) is 36.0. The molecule has 12 rings (SSSR count). The molecule has 5 nitrogen and oxygen atoms in total. The van der Waals surface area contributed by atoms with E-state index in [0.717, 1.165) is 51.7 Å². The standard InChI is InChI=1S/C56H47N5/c1-54(2)30-31-55(3,4)45-33-47-41(32-44(45)54)38-29-28-37-36-22-14-16-27-46(36)60(35-20-11-8-12-21-35)49(37)50(38)61(47)53-58-51(34-18-9-7-10-19-34)57-52(59-53)40-24-17-26-43-48(40)39-23-13-15-25-42(39)56(43,5)6/h7-29,32-33H,30-31H2,1-6H3. The van der Waals surface area contributed by atoms with Crippen LogP contribution in [-0.4, -0.2) is 24.1 Å². The van der Waals surface area contributed by atoms with Crippen molar-refractivity contribution in [3.63, 3.8) is 0 Å². The Morgan fingerprint density at radius 1 is 0.426 bits per heavy atom.